The zero-order valence-electron chi connectivity index (χ0n) is 9.47. The van der Waals surface area contributed by atoms with Gasteiger partial charge in [-0.15, -0.1) is 0 Å². The second-order valence-corrected chi connectivity index (χ2v) is 3.87. The van der Waals surface area contributed by atoms with Crippen molar-refractivity contribution in [2.45, 2.75) is 25.7 Å². The number of ether oxygens (including phenoxy) is 3. The van der Waals surface area contributed by atoms with Crippen molar-refractivity contribution in [3.05, 3.63) is 23.8 Å². The largest absolute Gasteiger partial charge is 0.504 e. The van der Waals surface area contributed by atoms with Crippen molar-refractivity contribution < 1.29 is 19.3 Å². The lowest BCUT2D eigenvalue weighted by atomic mass is 10.1. The number of hydrogen-bond acceptors (Lipinski definition) is 4. The van der Waals surface area contributed by atoms with Crippen molar-refractivity contribution in [1.29, 1.82) is 0 Å². The fourth-order valence-electron chi connectivity index (χ4n) is 1.67. The van der Waals surface area contributed by atoms with Crippen LogP contribution in [-0.2, 0) is 9.47 Å². The van der Waals surface area contributed by atoms with E-state index in [9.17, 15) is 5.11 Å². The molecule has 1 fully saturated rings. The minimum atomic E-state index is -0.363. The zero-order chi connectivity index (χ0) is 11.5. The molecule has 1 aliphatic heterocycles. The summed E-state index contributed by atoms with van der Waals surface area (Å²) in [4.78, 5) is 0. The zero-order valence-corrected chi connectivity index (χ0v) is 9.47. The lowest BCUT2D eigenvalue weighted by Gasteiger charge is -2.28. The van der Waals surface area contributed by atoms with E-state index >= 15 is 0 Å². The molecule has 4 heteroatoms. The van der Waals surface area contributed by atoms with Gasteiger partial charge in [-0.05, 0) is 25.5 Å². The molecule has 0 amide bonds. The van der Waals surface area contributed by atoms with Crippen LogP contribution in [0, 0.1) is 0 Å². The summed E-state index contributed by atoms with van der Waals surface area (Å²) in [6.07, 6.45) is 0.739. The molecule has 0 aliphatic carbocycles. The molecular formula is C12H16O4. The standard InChI is InChI=1S/C12H16O4/c1-8-5-6-15-12(16-8)9-3-4-10(13)11(7-9)14-2/h3-4,7-8,12-13H,5-6H2,1-2H3/t8-,12+/m1/s1. The molecular weight excluding hydrogens is 208 g/mol. The van der Waals surface area contributed by atoms with Gasteiger partial charge in [-0.1, -0.05) is 6.07 Å². The van der Waals surface area contributed by atoms with Crippen LogP contribution in [0.2, 0.25) is 0 Å². The molecule has 0 bridgehead atoms. The van der Waals surface area contributed by atoms with Gasteiger partial charge in [0, 0.05) is 5.56 Å². The van der Waals surface area contributed by atoms with E-state index in [1.807, 2.05) is 6.92 Å². The van der Waals surface area contributed by atoms with Crippen LogP contribution in [0.1, 0.15) is 25.2 Å². The molecule has 0 aromatic heterocycles. The normalized spacial score (nSPS) is 25.4. The van der Waals surface area contributed by atoms with Gasteiger partial charge in [0.25, 0.3) is 0 Å². The van der Waals surface area contributed by atoms with Crippen LogP contribution in [0.5, 0.6) is 11.5 Å². The fraction of sp³-hybridized carbons (Fsp3) is 0.500. The summed E-state index contributed by atoms with van der Waals surface area (Å²) in [5.74, 6) is 0.554. The second-order valence-electron chi connectivity index (χ2n) is 3.87. The van der Waals surface area contributed by atoms with Crippen molar-refractivity contribution in [1.82, 2.24) is 0 Å². The third-order valence-electron chi connectivity index (χ3n) is 2.63. The molecule has 1 heterocycles. The van der Waals surface area contributed by atoms with Gasteiger partial charge in [0.2, 0.25) is 0 Å². The summed E-state index contributed by atoms with van der Waals surface area (Å²) < 4.78 is 16.2. The number of rotatable bonds is 2. The highest BCUT2D eigenvalue weighted by molar-refractivity contribution is 5.42. The SMILES string of the molecule is COc1cc([C@H]2OCC[C@@H](C)O2)ccc1O. The summed E-state index contributed by atoms with van der Waals surface area (Å²) in [6, 6.07) is 5.10. The Bertz CT molecular complexity index is 364. The number of hydrogen-bond donors (Lipinski definition) is 1. The molecule has 0 saturated carbocycles. The molecule has 1 aliphatic rings. The molecule has 16 heavy (non-hydrogen) atoms. The van der Waals surface area contributed by atoms with Crippen LogP contribution in [0.15, 0.2) is 18.2 Å². The maximum atomic E-state index is 9.48. The number of phenols is 1. The molecule has 0 unspecified atom stereocenters. The summed E-state index contributed by atoms with van der Waals surface area (Å²) in [6.45, 7) is 2.71. The molecule has 1 aromatic carbocycles. The summed E-state index contributed by atoms with van der Waals surface area (Å²) in [7, 11) is 1.52. The van der Waals surface area contributed by atoms with Crippen LogP contribution in [0.25, 0.3) is 0 Å². The molecule has 4 nitrogen and oxygen atoms in total. The topological polar surface area (TPSA) is 47.9 Å². The molecule has 1 N–H and O–H groups in total. The van der Waals surface area contributed by atoms with Crippen molar-refractivity contribution in [2.75, 3.05) is 13.7 Å². The first kappa shape index (κ1) is 11.2. The Morgan fingerprint density at radius 1 is 1.44 bits per heavy atom. The maximum Gasteiger partial charge on any atom is 0.184 e. The van der Waals surface area contributed by atoms with Crippen LogP contribution in [-0.4, -0.2) is 24.9 Å². The second kappa shape index (κ2) is 4.72. The summed E-state index contributed by atoms with van der Waals surface area (Å²) >= 11 is 0. The average molecular weight is 224 g/mol. The third kappa shape index (κ3) is 2.28. The molecule has 1 aromatic rings. The third-order valence-corrected chi connectivity index (χ3v) is 2.63. The smallest absolute Gasteiger partial charge is 0.184 e. The van der Waals surface area contributed by atoms with E-state index in [0.29, 0.717) is 12.4 Å². The van der Waals surface area contributed by atoms with Crippen molar-refractivity contribution in [2.24, 2.45) is 0 Å². The Morgan fingerprint density at radius 2 is 2.25 bits per heavy atom. The van der Waals surface area contributed by atoms with E-state index in [1.54, 1.807) is 18.2 Å². The van der Waals surface area contributed by atoms with Gasteiger partial charge < -0.3 is 19.3 Å². The Balaban J connectivity index is 2.19. The van der Waals surface area contributed by atoms with Crippen LogP contribution in [0.3, 0.4) is 0 Å². The van der Waals surface area contributed by atoms with Gasteiger partial charge in [0.15, 0.2) is 17.8 Å². The fourth-order valence-corrected chi connectivity index (χ4v) is 1.67. The Hall–Kier alpha value is -1.26. The van der Waals surface area contributed by atoms with Crippen LogP contribution in [0.4, 0.5) is 0 Å². The molecule has 88 valence electrons. The van der Waals surface area contributed by atoms with Crippen LogP contribution < -0.4 is 4.74 Å². The van der Waals surface area contributed by atoms with Gasteiger partial charge >= 0.3 is 0 Å². The van der Waals surface area contributed by atoms with E-state index < -0.39 is 0 Å². The van der Waals surface area contributed by atoms with Gasteiger partial charge in [0.1, 0.15) is 0 Å². The number of aromatic hydroxyl groups is 1. The first-order valence-corrected chi connectivity index (χ1v) is 5.34. The molecule has 0 radical (unpaired) electrons. The summed E-state index contributed by atoms with van der Waals surface area (Å²) in [5, 5.41) is 9.48. The minimum absolute atomic E-state index is 0.120. The average Bonchev–Trinajstić information content (AvgIpc) is 2.29. The van der Waals surface area contributed by atoms with Crippen molar-refractivity contribution in [3.63, 3.8) is 0 Å². The molecule has 1 saturated heterocycles. The quantitative estimate of drug-likeness (QED) is 0.836. The van der Waals surface area contributed by atoms with Gasteiger partial charge in [-0.25, -0.2) is 0 Å². The van der Waals surface area contributed by atoms with Gasteiger partial charge in [0.05, 0.1) is 19.8 Å². The monoisotopic (exact) mass is 224 g/mol. The number of methoxy groups -OCH3 is 1. The molecule has 0 spiro atoms. The number of phenolic OH excluding ortho intramolecular Hbond substituents is 1. The van der Waals surface area contributed by atoms with E-state index in [1.165, 1.54) is 7.11 Å². The van der Waals surface area contributed by atoms with Gasteiger partial charge in [-0.3, -0.25) is 0 Å². The highest BCUT2D eigenvalue weighted by Gasteiger charge is 2.22. The lowest BCUT2D eigenvalue weighted by molar-refractivity contribution is -0.212. The van der Waals surface area contributed by atoms with E-state index in [4.69, 9.17) is 14.2 Å². The first-order chi connectivity index (χ1) is 7.70. The highest BCUT2D eigenvalue weighted by Crippen LogP contribution is 2.32. The van der Waals surface area contributed by atoms with Crippen molar-refractivity contribution in [3.8, 4) is 11.5 Å². The Labute approximate surface area is 94.8 Å². The predicted molar refractivity (Wildman–Crippen MR) is 58.5 cm³/mol. The Morgan fingerprint density at radius 3 is 2.94 bits per heavy atom. The van der Waals surface area contributed by atoms with Crippen molar-refractivity contribution >= 4 is 0 Å². The first-order valence-electron chi connectivity index (χ1n) is 5.34. The van der Waals surface area contributed by atoms with E-state index in [-0.39, 0.29) is 18.1 Å². The predicted octanol–water partition coefficient (Wildman–Crippen LogP) is 2.22. The Kier molecular flexibility index (Phi) is 3.31. The van der Waals surface area contributed by atoms with E-state index in [2.05, 4.69) is 0 Å². The molecule has 2 rings (SSSR count). The minimum Gasteiger partial charge on any atom is -0.504 e. The number of benzene rings is 1. The van der Waals surface area contributed by atoms with Crippen LogP contribution >= 0.6 is 0 Å². The lowest BCUT2D eigenvalue weighted by Crippen LogP contribution is -2.24. The highest BCUT2D eigenvalue weighted by atomic mass is 16.7. The summed E-state index contributed by atoms with van der Waals surface area (Å²) in [5.41, 5.74) is 0.862. The van der Waals surface area contributed by atoms with E-state index in [0.717, 1.165) is 12.0 Å². The van der Waals surface area contributed by atoms with Gasteiger partial charge in [-0.2, -0.15) is 0 Å². The molecule has 2 atom stereocenters. The maximum absolute atomic E-state index is 9.48.